The van der Waals surface area contributed by atoms with Crippen LogP contribution in [0.25, 0.3) is 0 Å². The zero-order valence-electron chi connectivity index (χ0n) is 15.4. The third-order valence-corrected chi connectivity index (χ3v) is 3.99. The molecule has 6 nitrogen and oxygen atoms in total. The highest BCUT2D eigenvalue weighted by molar-refractivity contribution is 6.33. The van der Waals surface area contributed by atoms with Crippen molar-refractivity contribution in [3.63, 3.8) is 0 Å². The number of para-hydroxylation sites is 1. The number of carbonyl (C=O) groups excluding carboxylic acids is 2. The van der Waals surface area contributed by atoms with Gasteiger partial charge in [0.1, 0.15) is 11.6 Å². The minimum Gasteiger partial charge on any atom is -0.444 e. The first-order valence-corrected chi connectivity index (χ1v) is 8.66. The van der Waals surface area contributed by atoms with Gasteiger partial charge in [-0.1, -0.05) is 37.6 Å². The molecule has 0 aliphatic rings. The first-order valence-electron chi connectivity index (χ1n) is 8.28. The van der Waals surface area contributed by atoms with Crippen molar-refractivity contribution < 1.29 is 14.3 Å². The van der Waals surface area contributed by atoms with Crippen LogP contribution in [0.2, 0.25) is 5.02 Å². The fourth-order valence-electron chi connectivity index (χ4n) is 2.39. The summed E-state index contributed by atoms with van der Waals surface area (Å²) in [5.41, 5.74) is 5.63. The molecule has 4 N–H and O–H groups in total. The number of hydrogen-bond acceptors (Lipinski definition) is 4. The maximum absolute atomic E-state index is 12.0. The Kier molecular flexibility index (Phi) is 7.55. The van der Waals surface area contributed by atoms with Crippen molar-refractivity contribution in [2.24, 2.45) is 17.6 Å². The molecule has 0 aromatic heterocycles. The van der Waals surface area contributed by atoms with Gasteiger partial charge >= 0.3 is 6.09 Å². The van der Waals surface area contributed by atoms with Crippen molar-refractivity contribution in [3.05, 3.63) is 29.3 Å². The van der Waals surface area contributed by atoms with Crippen LogP contribution in [0.1, 0.15) is 34.6 Å². The molecule has 2 atom stereocenters. The van der Waals surface area contributed by atoms with E-state index in [1.54, 1.807) is 39.0 Å². The molecule has 0 heterocycles. The fourth-order valence-corrected chi connectivity index (χ4v) is 2.58. The lowest BCUT2D eigenvalue weighted by Gasteiger charge is -2.30. The number of alkyl carbamates (subject to hydrolysis) is 1. The number of rotatable bonds is 7. The van der Waals surface area contributed by atoms with E-state index in [0.717, 1.165) is 0 Å². The Morgan fingerprint density at radius 2 is 1.84 bits per heavy atom. The highest BCUT2D eigenvalue weighted by atomic mass is 35.5. The maximum Gasteiger partial charge on any atom is 0.407 e. The van der Waals surface area contributed by atoms with Crippen LogP contribution in [0.15, 0.2) is 24.3 Å². The van der Waals surface area contributed by atoms with Gasteiger partial charge in [-0.25, -0.2) is 4.79 Å². The van der Waals surface area contributed by atoms with Crippen molar-refractivity contribution in [2.75, 3.05) is 11.9 Å². The number of benzene rings is 1. The van der Waals surface area contributed by atoms with E-state index in [1.807, 2.05) is 19.9 Å². The van der Waals surface area contributed by atoms with Gasteiger partial charge in [-0.3, -0.25) is 4.79 Å². The summed E-state index contributed by atoms with van der Waals surface area (Å²) in [5, 5.41) is 6.31. The minimum absolute atomic E-state index is 0.0856. The fraction of sp³-hybridized carbons (Fsp3) is 0.556. The van der Waals surface area contributed by atoms with Gasteiger partial charge in [-0.15, -0.1) is 0 Å². The Morgan fingerprint density at radius 1 is 1.24 bits per heavy atom. The monoisotopic (exact) mass is 369 g/mol. The van der Waals surface area contributed by atoms with Gasteiger partial charge < -0.3 is 21.1 Å². The Morgan fingerprint density at radius 3 is 2.32 bits per heavy atom. The largest absolute Gasteiger partial charge is 0.444 e. The Bertz CT molecular complexity index is 599. The normalized spacial score (nSPS) is 13.9. The predicted molar refractivity (Wildman–Crippen MR) is 101 cm³/mol. The van der Waals surface area contributed by atoms with E-state index in [4.69, 9.17) is 22.1 Å². The average Bonchev–Trinajstić information content (AvgIpc) is 2.45. The maximum atomic E-state index is 12.0. The van der Waals surface area contributed by atoms with Crippen LogP contribution >= 0.6 is 11.6 Å². The van der Waals surface area contributed by atoms with Crippen LogP contribution in [0.5, 0.6) is 0 Å². The summed E-state index contributed by atoms with van der Waals surface area (Å²) >= 11 is 6.15. The number of ether oxygens (including phenoxy) is 1. The molecule has 0 fully saturated rings. The molecule has 0 bridgehead atoms. The van der Waals surface area contributed by atoms with Crippen LogP contribution in [-0.2, 0) is 9.53 Å². The lowest BCUT2D eigenvalue weighted by molar-refractivity contribution is -0.120. The zero-order valence-corrected chi connectivity index (χ0v) is 16.2. The average molecular weight is 370 g/mol. The molecular weight excluding hydrogens is 342 g/mol. The molecule has 7 heteroatoms. The van der Waals surface area contributed by atoms with E-state index in [-0.39, 0.29) is 18.4 Å². The number of nitrogens with one attached hydrogen (secondary N) is 2. The molecule has 1 rings (SSSR count). The molecule has 140 valence electrons. The molecule has 1 aromatic carbocycles. The highest BCUT2D eigenvalue weighted by Crippen LogP contribution is 2.25. The van der Waals surface area contributed by atoms with Gasteiger partial charge in [0.15, 0.2) is 0 Å². The van der Waals surface area contributed by atoms with E-state index in [0.29, 0.717) is 10.7 Å². The van der Waals surface area contributed by atoms with E-state index in [2.05, 4.69) is 10.6 Å². The van der Waals surface area contributed by atoms with E-state index in [1.165, 1.54) is 0 Å². The standard InChI is InChI=1S/C18H28ClN3O3/c1-11(2)12(10-21-17(24)25-18(3,4)5)15(16(20)23)22-14-9-7-6-8-13(14)19/h6-9,11-12,15,22H,10H2,1-5H3,(H2,20,23)(H,21,24). The summed E-state index contributed by atoms with van der Waals surface area (Å²) in [6, 6.07) is 6.43. The third-order valence-electron chi connectivity index (χ3n) is 3.66. The van der Waals surface area contributed by atoms with Gasteiger partial charge in [0.2, 0.25) is 5.91 Å². The first kappa shape index (κ1) is 21.1. The van der Waals surface area contributed by atoms with Crippen LogP contribution in [0.3, 0.4) is 0 Å². The second-order valence-electron chi connectivity index (χ2n) is 7.29. The number of hydrogen-bond donors (Lipinski definition) is 3. The number of nitrogens with two attached hydrogens (primary N) is 1. The molecular formula is C18H28ClN3O3. The Balaban J connectivity index is 2.86. The van der Waals surface area contributed by atoms with E-state index >= 15 is 0 Å². The van der Waals surface area contributed by atoms with Crippen LogP contribution in [-0.4, -0.2) is 30.2 Å². The van der Waals surface area contributed by atoms with Gasteiger partial charge in [0.25, 0.3) is 0 Å². The number of carbonyl (C=O) groups is 2. The summed E-state index contributed by atoms with van der Waals surface area (Å²) in [6.07, 6.45) is -0.529. The van der Waals surface area contributed by atoms with Crippen LogP contribution < -0.4 is 16.4 Å². The SMILES string of the molecule is CC(C)C(CNC(=O)OC(C)(C)C)C(Nc1ccccc1Cl)C(N)=O. The van der Waals surface area contributed by atoms with Crippen molar-refractivity contribution in [3.8, 4) is 0 Å². The topological polar surface area (TPSA) is 93.4 Å². The van der Waals surface area contributed by atoms with Gasteiger partial charge in [0, 0.05) is 12.5 Å². The van der Waals surface area contributed by atoms with E-state index in [9.17, 15) is 9.59 Å². The van der Waals surface area contributed by atoms with Gasteiger partial charge in [-0.05, 0) is 38.8 Å². The number of amides is 2. The first-order chi connectivity index (χ1) is 11.5. The molecule has 0 saturated heterocycles. The second-order valence-corrected chi connectivity index (χ2v) is 7.70. The third kappa shape index (κ3) is 7.22. The summed E-state index contributed by atoms with van der Waals surface area (Å²) in [6.45, 7) is 9.54. The molecule has 0 spiro atoms. The molecule has 0 radical (unpaired) electrons. The zero-order chi connectivity index (χ0) is 19.2. The molecule has 0 saturated carbocycles. The van der Waals surface area contributed by atoms with Crippen LogP contribution in [0.4, 0.5) is 10.5 Å². The predicted octanol–water partition coefficient (Wildman–Crippen LogP) is 3.40. The van der Waals surface area contributed by atoms with E-state index < -0.39 is 23.6 Å². The molecule has 2 unspecified atom stereocenters. The van der Waals surface area contributed by atoms with Crippen molar-refractivity contribution >= 4 is 29.3 Å². The van der Waals surface area contributed by atoms with Gasteiger partial charge in [0.05, 0.1) is 10.7 Å². The highest BCUT2D eigenvalue weighted by Gasteiger charge is 2.30. The molecule has 0 aliphatic carbocycles. The summed E-state index contributed by atoms with van der Waals surface area (Å²) in [7, 11) is 0. The number of primary amides is 1. The lowest BCUT2D eigenvalue weighted by Crippen LogP contribution is -2.48. The smallest absolute Gasteiger partial charge is 0.407 e. The number of halogens is 1. The molecule has 1 aromatic rings. The van der Waals surface area contributed by atoms with Crippen molar-refractivity contribution in [1.82, 2.24) is 5.32 Å². The summed E-state index contributed by atoms with van der Waals surface area (Å²) < 4.78 is 5.24. The molecule has 0 aliphatic heterocycles. The molecule has 25 heavy (non-hydrogen) atoms. The second kappa shape index (κ2) is 8.94. The summed E-state index contributed by atoms with van der Waals surface area (Å²) in [5.74, 6) is -0.659. The number of anilines is 1. The van der Waals surface area contributed by atoms with Gasteiger partial charge in [-0.2, -0.15) is 0 Å². The Hall–Kier alpha value is -1.95. The van der Waals surface area contributed by atoms with Crippen molar-refractivity contribution in [2.45, 2.75) is 46.3 Å². The lowest BCUT2D eigenvalue weighted by atomic mass is 9.87. The van der Waals surface area contributed by atoms with Crippen molar-refractivity contribution in [1.29, 1.82) is 0 Å². The molecule has 2 amide bonds. The van der Waals surface area contributed by atoms with Crippen LogP contribution in [0, 0.1) is 11.8 Å². The quantitative estimate of drug-likeness (QED) is 0.686. The Labute approximate surface area is 154 Å². The summed E-state index contributed by atoms with van der Waals surface area (Å²) in [4.78, 5) is 23.9. The minimum atomic E-state index is -0.685.